The van der Waals surface area contributed by atoms with Crippen molar-refractivity contribution in [3.63, 3.8) is 0 Å². The van der Waals surface area contributed by atoms with E-state index in [0.29, 0.717) is 0 Å². The number of hydrogen-bond donors (Lipinski definition) is 2. The highest BCUT2D eigenvalue weighted by Crippen LogP contribution is 2.23. The van der Waals surface area contributed by atoms with Gasteiger partial charge in [0.1, 0.15) is 17.2 Å². The van der Waals surface area contributed by atoms with Gasteiger partial charge in [-0.3, -0.25) is 9.39 Å². The SMILES string of the molecule is CN=C(NCCCc1nnc2ccccn12)NC(C)c1cc2ccccc2o1.I. The number of pyridine rings is 1. The first kappa shape index (κ1) is 21.1. The van der Waals surface area contributed by atoms with E-state index in [1.165, 1.54) is 0 Å². The number of halogens is 1. The van der Waals surface area contributed by atoms with E-state index in [0.717, 1.165) is 53.5 Å². The highest BCUT2D eigenvalue weighted by molar-refractivity contribution is 14.0. The minimum Gasteiger partial charge on any atom is -0.459 e. The normalized spacial score (nSPS) is 12.7. The Kier molecular flexibility index (Phi) is 7.08. The van der Waals surface area contributed by atoms with E-state index >= 15 is 0 Å². The van der Waals surface area contributed by atoms with Gasteiger partial charge in [-0.15, -0.1) is 34.2 Å². The van der Waals surface area contributed by atoms with Crippen molar-refractivity contribution in [1.82, 2.24) is 25.2 Å². The Hall–Kier alpha value is -2.62. The number of benzene rings is 1. The first-order valence-electron chi connectivity index (χ1n) is 9.49. The molecule has 3 aromatic heterocycles. The van der Waals surface area contributed by atoms with Crippen LogP contribution in [0.25, 0.3) is 16.6 Å². The Morgan fingerprint density at radius 1 is 1.17 bits per heavy atom. The molecule has 152 valence electrons. The minimum absolute atomic E-state index is 0. The summed E-state index contributed by atoms with van der Waals surface area (Å²) in [7, 11) is 1.77. The number of aromatic nitrogens is 3. The van der Waals surface area contributed by atoms with E-state index in [4.69, 9.17) is 4.42 Å². The number of hydrogen-bond acceptors (Lipinski definition) is 4. The van der Waals surface area contributed by atoms with Crippen LogP contribution in [0.5, 0.6) is 0 Å². The Morgan fingerprint density at radius 3 is 2.83 bits per heavy atom. The number of para-hydroxylation sites is 1. The third-order valence-corrected chi connectivity index (χ3v) is 4.70. The van der Waals surface area contributed by atoms with Crippen LogP contribution in [0.3, 0.4) is 0 Å². The molecule has 4 aromatic rings. The van der Waals surface area contributed by atoms with Gasteiger partial charge in [0.15, 0.2) is 11.6 Å². The quantitative estimate of drug-likeness (QED) is 0.180. The van der Waals surface area contributed by atoms with Gasteiger partial charge in [-0.25, -0.2) is 0 Å². The van der Waals surface area contributed by atoms with Crippen molar-refractivity contribution >= 4 is 46.6 Å². The second-order valence-corrected chi connectivity index (χ2v) is 6.70. The van der Waals surface area contributed by atoms with E-state index in [2.05, 4.69) is 44.9 Å². The molecule has 2 N–H and O–H groups in total. The van der Waals surface area contributed by atoms with Crippen LogP contribution in [0.15, 0.2) is 64.1 Å². The van der Waals surface area contributed by atoms with Gasteiger partial charge in [0.2, 0.25) is 0 Å². The van der Waals surface area contributed by atoms with E-state index in [1.54, 1.807) is 7.05 Å². The van der Waals surface area contributed by atoms with Crippen LogP contribution in [0, 0.1) is 0 Å². The summed E-state index contributed by atoms with van der Waals surface area (Å²) >= 11 is 0. The third-order valence-electron chi connectivity index (χ3n) is 4.70. The van der Waals surface area contributed by atoms with Gasteiger partial charge in [0.05, 0.1) is 6.04 Å². The fourth-order valence-electron chi connectivity index (χ4n) is 3.20. The van der Waals surface area contributed by atoms with Gasteiger partial charge in [-0.05, 0) is 37.6 Å². The maximum absolute atomic E-state index is 5.93. The summed E-state index contributed by atoms with van der Waals surface area (Å²) in [4.78, 5) is 4.31. The summed E-state index contributed by atoms with van der Waals surface area (Å²) in [5.41, 5.74) is 1.78. The lowest BCUT2D eigenvalue weighted by atomic mass is 10.2. The summed E-state index contributed by atoms with van der Waals surface area (Å²) in [6, 6.07) is 16.0. The monoisotopic (exact) mass is 504 g/mol. The first-order chi connectivity index (χ1) is 13.7. The average Bonchev–Trinajstić information content (AvgIpc) is 3.34. The molecule has 0 saturated carbocycles. The standard InChI is InChI=1S/C21H24N6O.HI/c1-15(18-14-16-8-3-4-9-17(16)28-18)24-21(22-2)23-12-7-11-20-26-25-19-10-5-6-13-27(19)20;/h3-6,8-10,13-15H,7,11-12H2,1-2H3,(H2,22,23,24);1H. The number of furan rings is 1. The molecule has 0 radical (unpaired) electrons. The molecule has 0 saturated heterocycles. The van der Waals surface area contributed by atoms with E-state index < -0.39 is 0 Å². The van der Waals surface area contributed by atoms with E-state index in [-0.39, 0.29) is 30.0 Å². The van der Waals surface area contributed by atoms with Crippen molar-refractivity contribution < 1.29 is 4.42 Å². The van der Waals surface area contributed by atoms with Gasteiger partial charge in [0.25, 0.3) is 0 Å². The lowest BCUT2D eigenvalue weighted by molar-refractivity contribution is 0.488. The van der Waals surface area contributed by atoms with Crippen LogP contribution in [-0.4, -0.2) is 34.2 Å². The average molecular weight is 504 g/mol. The van der Waals surface area contributed by atoms with Crippen molar-refractivity contribution in [2.45, 2.75) is 25.8 Å². The van der Waals surface area contributed by atoms with Crippen LogP contribution in [-0.2, 0) is 6.42 Å². The fraction of sp³-hybridized carbons (Fsp3) is 0.286. The molecule has 1 unspecified atom stereocenters. The zero-order valence-electron chi connectivity index (χ0n) is 16.5. The van der Waals surface area contributed by atoms with Gasteiger partial charge < -0.3 is 15.1 Å². The Labute approximate surface area is 186 Å². The topological polar surface area (TPSA) is 79.8 Å². The molecule has 3 heterocycles. The molecule has 4 rings (SSSR count). The molecule has 0 aliphatic heterocycles. The molecule has 0 aliphatic carbocycles. The number of rotatable bonds is 6. The summed E-state index contributed by atoms with van der Waals surface area (Å²) < 4.78 is 7.95. The van der Waals surface area contributed by atoms with Crippen LogP contribution in [0.1, 0.15) is 31.0 Å². The van der Waals surface area contributed by atoms with Crippen LogP contribution in [0.4, 0.5) is 0 Å². The molecule has 0 bridgehead atoms. The van der Waals surface area contributed by atoms with E-state index in [9.17, 15) is 0 Å². The zero-order chi connectivity index (χ0) is 19.3. The van der Waals surface area contributed by atoms with Crippen molar-refractivity contribution in [2.75, 3.05) is 13.6 Å². The number of nitrogens with zero attached hydrogens (tertiary/aromatic N) is 4. The second kappa shape index (κ2) is 9.73. The highest BCUT2D eigenvalue weighted by Gasteiger charge is 2.13. The molecule has 8 heteroatoms. The molecule has 0 aliphatic rings. The van der Waals surface area contributed by atoms with Crippen molar-refractivity contribution in [1.29, 1.82) is 0 Å². The van der Waals surface area contributed by atoms with E-state index in [1.807, 2.05) is 47.0 Å². The third kappa shape index (κ3) is 4.87. The predicted molar refractivity (Wildman–Crippen MR) is 126 cm³/mol. The lowest BCUT2D eigenvalue weighted by Gasteiger charge is -2.16. The maximum atomic E-state index is 5.93. The molecule has 7 nitrogen and oxygen atoms in total. The van der Waals surface area contributed by atoms with Crippen molar-refractivity contribution in [3.05, 3.63) is 66.3 Å². The van der Waals surface area contributed by atoms with Gasteiger partial charge in [-0.2, -0.15) is 0 Å². The van der Waals surface area contributed by atoms with Crippen molar-refractivity contribution in [3.8, 4) is 0 Å². The predicted octanol–water partition coefficient (Wildman–Crippen LogP) is 3.95. The molecule has 1 aromatic carbocycles. The Balaban J connectivity index is 0.00000240. The molecular formula is C21H25IN6O. The van der Waals surface area contributed by atoms with Crippen LogP contribution < -0.4 is 10.6 Å². The molecular weight excluding hydrogens is 479 g/mol. The summed E-state index contributed by atoms with van der Waals surface area (Å²) in [5.74, 6) is 2.61. The minimum atomic E-state index is 0. The van der Waals surface area contributed by atoms with Gasteiger partial charge in [0, 0.05) is 31.6 Å². The number of nitrogens with one attached hydrogen (secondary N) is 2. The number of aliphatic imine (C=N–C) groups is 1. The summed E-state index contributed by atoms with van der Waals surface area (Å²) in [6.07, 6.45) is 3.76. The lowest BCUT2D eigenvalue weighted by Crippen LogP contribution is -2.39. The van der Waals surface area contributed by atoms with Crippen molar-refractivity contribution in [2.24, 2.45) is 4.99 Å². The Bertz CT molecular complexity index is 1070. The molecule has 29 heavy (non-hydrogen) atoms. The van der Waals surface area contributed by atoms with Crippen LogP contribution in [0.2, 0.25) is 0 Å². The summed E-state index contributed by atoms with van der Waals surface area (Å²) in [6.45, 7) is 2.85. The smallest absolute Gasteiger partial charge is 0.191 e. The molecule has 0 fully saturated rings. The fourth-order valence-corrected chi connectivity index (χ4v) is 3.20. The van der Waals surface area contributed by atoms with Crippen LogP contribution >= 0.6 is 24.0 Å². The highest BCUT2D eigenvalue weighted by atomic mass is 127. The number of fused-ring (bicyclic) bond motifs is 2. The summed E-state index contributed by atoms with van der Waals surface area (Å²) in [5, 5.41) is 16.3. The molecule has 0 spiro atoms. The molecule has 1 atom stereocenters. The number of aryl methyl sites for hydroxylation is 1. The largest absolute Gasteiger partial charge is 0.459 e. The zero-order valence-corrected chi connectivity index (χ0v) is 18.8. The Morgan fingerprint density at radius 2 is 2.00 bits per heavy atom. The maximum Gasteiger partial charge on any atom is 0.191 e. The van der Waals surface area contributed by atoms with Gasteiger partial charge in [-0.1, -0.05) is 24.3 Å². The molecule has 0 amide bonds. The number of guanidine groups is 1. The van der Waals surface area contributed by atoms with Gasteiger partial charge >= 0.3 is 0 Å². The first-order valence-corrected chi connectivity index (χ1v) is 9.49. The second-order valence-electron chi connectivity index (χ2n) is 6.70.